The number of ketones is 1. The van der Waals surface area contributed by atoms with E-state index in [1.54, 1.807) is 18.8 Å². The van der Waals surface area contributed by atoms with E-state index >= 15 is 0 Å². The Labute approximate surface area is 92.7 Å². The topological polar surface area (TPSA) is 51.2 Å². The molecule has 0 bridgehead atoms. The number of nitrogens with zero attached hydrogens (tertiary/aromatic N) is 1. The minimum atomic E-state index is -0.0444. The zero-order chi connectivity index (χ0) is 10.7. The minimum absolute atomic E-state index is 0.0444. The first kappa shape index (κ1) is 10.7. The predicted octanol–water partition coefficient (Wildman–Crippen LogP) is 0.632. The molecule has 1 fully saturated rings. The Morgan fingerprint density at radius 3 is 3.27 bits per heavy atom. The van der Waals surface area contributed by atoms with E-state index in [2.05, 4.69) is 10.3 Å². The molecule has 82 valence electrons. The molecule has 4 nitrogen and oxygen atoms in total. The number of methoxy groups -OCH3 is 1. The number of aromatic nitrogens is 1. The van der Waals surface area contributed by atoms with Crippen molar-refractivity contribution in [3.8, 4) is 0 Å². The van der Waals surface area contributed by atoms with Crippen LogP contribution in [0, 0.1) is 0 Å². The van der Waals surface area contributed by atoms with Gasteiger partial charge in [-0.3, -0.25) is 9.78 Å². The number of hydrogen-bond acceptors (Lipinski definition) is 5. The summed E-state index contributed by atoms with van der Waals surface area (Å²) in [6, 6.07) is -0.0444. The molecule has 2 atom stereocenters. The van der Waals surface area contributed by atoms with Crippen LogP contribution in [0.5, 0.6) is 0 Å². The zero-order valence-corrected chi connectivity index (χ0v) is 9.42. The van der Waals surface area contributed by atoms with Crippen LogP contribution in [0.25, 0.3) is 0 Å². The van der Waals surface area contributed by atoms with Crippen LogP contribution in [0.2, 0.25) is 0 Å². The summed E-state index contributed by atoms with van der Waals surface area (Å²) in [6.07, 6.45) is 3.21. The van der Waals surface area contributed by atoms with Crippen molar-refractivity contribution in [3.05, 3.63) is 16.6 Å². The molecule has 1 N–H and O–H groups in total. The summed E-state index contributed by atoms with van der Waals surface area (Å²) >= 11 is 1.53. The zero-order valence-electron chi connectivity index (χ0n) is 8.60. The summed E-state index contributed by atoms with van der Waals surface area (Å²) in [5.74, 6) is 0.235. The van der Waals surface area contributed by atoms with Crippen LogP contribution in [-0.4, -0.2) is 36.6 Å². The highest BCUT2D eigenvalue weighted by atomic mass is 32.1. The van der Waals surface area contributed by atoms with Crippen LogP contribution in [0.3, 0.4) is 0 Å². The van der Waals surface area contributed by atoms with Gasteiger partial charge in [0.15, 0.2) is 5.78 Å². The first-order valence-corrected chi connectivity index (χ1v) is 5.84. The molecule has 1 aliphatic rings. The van der Waals surface area contributed by atoms with Crippen LogP contribution in [0.4, 0.5) is 0 Å². The Morgan fingerprint density at radius 2 is 2.67 bits per heavy atom. The number of carbonyl (C=O) groups is 1. The molecule has 0 aromatic carbocycles. The van der Waals surface area contributed by atoms with E-state index in [0.717, 1.165) is 17.8 Å². The molecule has 15 heavy (non-hydrogen) atoms. The van der Waals surface area contributed by atoms with Crippen LogP contribution in [0.1, 0.15) is 11.3 Å². The third-order valence-corrected chi connectivity index (χ3v) is 3.42. The van der Waals surface area contributed by atoms with Crippen molar-refractivity contribution in [2.75, 3.05) is 13.7 Å². The highest BCUT2D eigenvalue weighted by Crippen LogP contribution is 2.14. The van der Waals surface area contributed by atoms with Gasteiger partial charge in [-0.15, -0.1) is 11.3 Å². The van der Waals surface area contributed by atoms with E-state index in [1.807, 2.05) is 0 Å². The number of ether oxygens (including phenoxy) is 1. The Bertz CT molecular complexity index is 326. The van der Waals surface area contributed by atoms with Crippen LogP contribution in [-0.2, 0) is 16.0 Å². The highest BCUT2D eigenvalue weighted by Gasteiger charge is 2.29. The van der Waals surface area contributed by atoms with Gasteiger partial charge in [0.1, 0.15) is 0 Å². The lowest BCUT2D eigenvalue weighted by atomic mass is 10.1. The molecular formula is C10H14N2O2S. The van der Waals surface area contributed by atoms with Gasteiger partial charge in [0, 0.05) is 31.1 Å². The normalized spacial score (nSPS) is 25.7. The van der Waals surface area contributed by atoms with Gasteiger partial charge in [0.05, 0.1) is 17.7 Å². The van der Waals surface area contributed by atoms with Gasteiger partial charge in [-0.05, 0) is 6.42 Å². The fourth-order valence-corrected chi connectivity index (χ4v) is 2.36. The molecular weight excluding hydrogens is 212 g/mol. The molecule has 1 saturated heterocycles. The summed E-state index contributed by atoms with van der Waals surface area (Å²) < 4.78 is 5.20. The van der Waals surface area contributed by atoms with E-state index in [0.29, 0.717) is 6.42 Å². The number of hydrogen-bond donors (Lipinski definition) is 1. The van der Waals surface area contributed by atoms with Crippen molar-refractivity contribution in [1.29, 1.82) is 0 Å². The lowest BCUT2D eigenvalue weighted by Crippen LogP contribution is -2.31. The Morgan fingerprint density at radius 1 is 1.80 bits per heavy atom. The Balaban J connectivity index is 1.87. The minimum Gasteiger partial charge on any atom is -0.380 e. The molecule has 0 radical (unpaired) electrons. The fourth-order valence-electron chi connectivity index (χ4n) is 1.75. The molecule has 1 aromatic heterocycles. The number of nitrogens with one attached hydrogen (secondary N) is 1. The van der Waals surface area contributed by atoms with E-state index in [4.69, 9.17) is 4.74 Å². The Hall–Kier alpha value is -0.780. The van der Waals surface area contributed by atoms with Gasteiger partial charge >= 0.3 is 0 Å². The molecule has 1 aliphatic heterocycles. The third-order valence-electron chi connectivity index (χ3n) is 2.64. The Kier molecular flexibility index (Phi) is 3.45. The molecule has 2 heterocycles. The van der Waals surface area contributed by atoms with Crippen molar-refractivity contribution in [3.63, 3.8) is 0 Å². The van der Waals surface area contributed by atoms with Crippen molar-refractivity contribution in [2.45, 2.75) is 25.0 Å². The van der Waals surface area contributed by atoms with E-state index in [9.17, 15) is 4.79 Å². The third kappa shape index (κ3) is 2.62. The number of Topliss-reactive ketones (excluding diaryl/α,β-unsaturated/α-hetero) is 1. The van der Waals surface area contributed by atoms with Crippen LogP contribution >= 0.6 is 11.3 Å². The second kappa shape index (κ2) is 4.83. The maximum Gasteiger partial charge on any atom is 0.155 e. The van der Waals surface area contributed by atoms with Gasteiger partial charge in [-0.2, -0.15) is 0 Å². The van der Waals surface area contributed by atoms with Crippen molar-refractivity contribution >= 4 is 17.1 Å². The van der Waals surface area contributed by atoms with Gasteiger partial charge < -0.3 is 10.1 Å². The largest absolute Gasteiger partial charge is 0.380 e. The first-order chi connectivity index (χ1) is 7.29. The molecule has 0 amide bonds. The van der Waals surface area contributed by atoms with E-state index in [-0.39, 0.29) is 17.9 Å². The maximum absolute atomic E-state index is 11.8. The van der Waals surface area contributed by atoms with E-state index in [1.165, 1.54) is 11.3 Å². The number of thiazole rings is 1. The molecule has 1 aromatic rings. The lowest BCUT2D eigenvalue weighted by molar-refractivity contribution is -0.120. The first-order valence-electron chi connectivity index (χ1n) is 4.96. The maximum atomic E-state index is 11.8. The summed E-state index contributed by atoms with van der Waals surface area (Å²) in [5.41, 5.74) is 1.75. The monoisotopic (exact) mass is 226 g/mol. The molecule has 2 rings (SSSR count). The highest BCUT2D eigenvalue weighted by molar-refractivity contribution is 7.09. The van der Waals surface area contributed by atoms with Gasteiger partial charge in [0.2, 0.25) is 0 Å². The second-order valence-electron chi connectivity index (χ2n) is 3.67. The van der Waals surface area contributed by atoms with Crippen molar-refractivity contribution < 1.29 is 9.53 Å². The molecule has 0 spiro atoms. The van der Waals surface area contributed by atoms with Gasteiger partial charge in [0.25, 0.3) is 0 Å². The molecule has 5 heteroatoms. The van der Waals surface area contributed by atoms with Crippen molar-refractivity contribution in [1.82, 2.24) is 10.3 Å². The van der Waals surface area contributed by atoms with Crippen LogP contribution < -0.4 is 5.32 Å². The fraction of sp³-hybridized carbons (Fsp3) is 0.600. The standard InChI is InChI=1S/C10H14N2O2S/c1-14-7-2-9(12-4-7)10(13)3-8-5-11-6-15-8/h5-7,9,12H,2-4H2,1H3. The lowest BCUT2D eigenvalue weighted by Gasteiger charge is -2.07. The second-order valence-corrected chi connectivity index (χ2v) is 4.64. The SMILES string of the molecule is COC1CNC(C(=O)Cc2cncs2)C1. The molecule has 0 saturated carbocycles. The number of carbonyl (C=O) groups excluding carboxylic acids is 1. The summed E-state index contributed by atoms with van der Waals surface area (Å²) in [7, 11) is 1.68. The molecule has 0 aliphatic carbocycles. The van der Waals surface area contributed by atoms with Crippen molar-refractivity contribution in [2.24, 2.45) is 0 Å². The van der Waals surface area contributed by atoms with E-state index < -0.39 is 0 Å². The summed E-state index contributed by atoms with van der Waals surface area (Å²) in [6.45, 7) is 0.773. The predicted molar refractivity (Wildman–Crippen MR) is 58.0 cm³/mol. The van der Waals surface area contributed by atoms with Gasteiger partial charge in [-0.25, -0.2) is 0 Å². The quantitative estimate of drug-likeness (QED) is 0.818. The smallest absolute Gasteiger partial charge is 0.155 e. The van der Waals surface area contributed by atoms with Crippen LogP contribution in [0.15, 0.2) is 11.7 Å². The average molecular weight is 226 g/mol. The van der Waals surface area contributed by atoms with Gasteiger partial charge in [-0.1, -0.05) is 0 Å². The number of rotatable bonds is 4. The average Bonchev–Trinajstić information content (AvgIpc) is 2.86. The summed E-state index contributed by atoms with van der Waals surface area (Å²) in [4.78, 5) is 16.8. The summed E-state index contributed by atoms with van der Waals surface area (Å²) in [5, 5.41) is 3.18. The molecule has 2 unspecified atom stereocenters.